The van der Waals surface area contributed by atoms with E-state index in [4.69, 9.17) is 17.4 Å². The summed E-state index contributed by atoms with van der Waals surface area (Å²) in [5, 5.41) is 4.47. The van der Waals surface area contributed by atoms with Gasteiger partial charge in [0.15, 0.2) is 0 Å². The molecule has 0 radical (unpaired) electrons. The summed E-state index contributed by atoms with van der Waals surface area (Å²) in [5.74, 6) is 5.16. The summed E-state index contributed by atoms with van der Waals surface area (Å²) in [6.07, 6.45) is 5.18. The predicted molar refractivity (Wildman–Crippen MR) is 73.0 cm³/mol. The Labute approximate surface area is 116 Å². The van der Waals surface area contributed by atoms with E-state index < -0.39 is 0 Å². The van der Waals surface area contributed by atoms with E-state index in [-0.39, 0.29) is 11.9 Å². The van der Waals surface area contributed by atoms with Crippen molar-refractivity contribution >= 4 is 11.6 Å². The SMILES string of the molecule is Cn1cc(CCC(NN)c2ccc(Cl)cc2F)cn1. The molecule has 0 spiro atoms. The van der Waals surface area contributed by atoms with Crippen molar-refractivity contribution in [3.63, 3.8) is 0 Å². The Morgan fingerprint density at radius 2 is 2.32 bits per heavy atom. The number of rotatable bonds is 5. The lowest BCUT2D eigenvalue weighted by Crippen LogP contribution is -2.29. The van der Waals surface area contributed by atoms with Gasteiger partial charge in [0.1, 0.15) is 5.82 Å². The third kappa shape index (κ3) is 3.53. The van der Waals surface area contributed by atoms with Crippen LogP contribution in [0.1, 0.15) is 23.6 Å². The van der Waals surface area contributed by atoms with Crippen molar-refractivity contribution in [3.8, 4) is 0 Å². The number of hydrogen-bond acceptors (Lipinski definition) is 3. The maximum absolute atomic E-state index is 13.8. The molecule has 1 heterocycles. The molecule has 0 saturated carbocycles. The minimum Gasteiger partial charge on any atom is -0.276 e. The maximum atomic E-state index is 13.8. The maximum Gasteiger partial charge on any atom is 0.129 e. The van der Waals surface area contributed by atoms with Crippen LogP contribution >= 0.6 is 11.6 Å². The first-order chi connectivity index (χ1) is 9.10. The largest absolute Gasteiger partial charge is 0.276 e. The van der Waals surface area contributed by atoms with Crippen molar-refractivity contribution < 1.29 is 4.39 Å². The molecule has 1 unspecified atom stereocenters. The van der Waals surface area contributed by atoms with Gasteiger partial charge in [0.2, 0.25) is 0 Å². The standard InChI is InChI=1S/C13H16ClFN4/c1-19-8-9(7-17-19)2-5-13(18-16)11-4-3-10(14)6-12(11)15/h3-4,6-8,13,18H,2,5,16H2,1H3. The molecule has 0 aliphatic carbocycles. The van der Waals surface area contributed by atoms with Crippen LogP contribution in [0.25, 0.3) is 0 Å². The number of nitrogens with two attached hydrogens (primary N) is 1. The summed E-state index contributed by atoms with van der Waals surface area (Å²) in [7, 11) is 1.86. The Hall–Kier alpha value is -1.43. The Morgan fingerprint density at radius 3 is 2.89 bits per heavy atom. The molecule has 102 valence electrons. The quantitative estimate of drug-likeness (QED) is 0.654. The number of halogens is 2. The second-order valence-corrected chi connectivity index (χ2v) is 4.88. The zero-order valence-electron chi connectivity index (χ0n) is 10.6. The molecule has 0 bridgehead atoms. The summed E-state index contributed by atoms with van der Waals surface area (Å²) in [4.78, 5) is 0. The molecule has 1 aromatic carbocycles. The molecule has 1 aromatic heterocycles. The summed E-state index contributed by atoms with van der Waals surface area (Å²) in [6.45, 7) is 0. The van der Waals surface area contributed by atoms with Crippen LogP contribution in [0.2, 0.25) is 5.02 Å². The zero-order valence-corrected chi connectivity index (χ0v) is 11.4. The smallest absolute Gasteiger partial charge is 0.129 e. The van der Waals surface area contributed by atoms with Gasteiger partial charge in [-0.3, -0.25) is 16.0 Å². The van der Waals surface area contributed by atoms with Crippen molar-refractivity contribution in [2.45, 2.75) is 18.9 Å². The topological polar surface area (TPSA) is 55.9 Å². The van der Waals surface area contributed by atoms with E-state index in [1.54, 1.807) is 23.0 Å². The molecule has 2 rings (SSSR count). The van der Waals surface area contributed by atoms with Crippen LogP contribution in [0.3, 0.4) is 0 Å². The van der Waals surface area contributed by atoms with Crippen LogP contribution in [-0.4, -0.2) is 9.78 Å². The monoisotopic (exact) mass is 282 g/mol. The molecule has 0 aliphatic heterocycles. The lowest BCUT2D eigenvalue weighted by Gasteiger charge is -2.16. The molecular formula is C13H16ClFN4. The number of hydrogen-bond donors (Lipinski definition) is 2. The highest BCUT2D eigenvalue weighted by atomic mass is 35.5. The minimum absolute atomic E-state index is 0.252. The fourth-order valence-electron chi connectivity index (χ4n) is 2.02. The third-order valence-corrected chi connectivity index (χ3v) is 3.25. The third-order valence-electron chi connectivity index (χ3n) is 3.02. The van der Waals surface area contributed by atoms with E-state index in [0.717, 1.165) is 12.0 Å². The van der Waals surface area contributed by atoms with Crippen LogP contribution in [-0.2, 0) is 13.5 Å². The zero-order chi connectivity index (χ0) is 13.8. The van der Waals surface area contributed by atoms with Gasteiger partial charge in [-0.05, 0) is 30.5 Å². The average Bonchev–Trinajstić information content (AvgIpc) is 2.78. The first kappa shape index (κ1) is 14.0. The minimum atomic E-state index is -0.346. The second kappa shape index (κ2) is 6.14. The van der Waals surface area contributed by atoms with Gasteiger partial charge in [0.05, 0.1) is 6.20 Å². The predicted octanol–water partition coefficient (Wildman–Crippen LogP) is 2.35. The highest BCUT2D eigenvalue weighted by Gasteiger charge is 2.15. The van der Waals surface area contributed by atoms with Gasteiger partial charge in [0, 0.05) is 29.9 Å². The Morgan fingerprint density at radius 1 is 1.53 bits per heavy atom. The number of aromatic nitrogens is 2. The van der Waals surface area contributed by atoms with E-state index in [1.807, 2.05) is 13.2 Å². The Kier molecular flexibility index (Phi) is 4.52. The molecule has 0 amide bonds. The van der Waals surface area contributed by atoms with E-state index in [9.17, 15) is 4.39 Å². The highest BCUT2D eigenvalue weighted by Crippen LogP contribution is 2.23. The number of nitrogens with one attached hydrogen (secondary N) is 1. The van der Waals surface area contributed by atoms with Crippen molar-refractivity contribution in [2.24, 2.45) is 12.9 Å². The van der Waals surface area contributed by atoms with Crippen LogP contribution < -0.4 is 11.3 Å². The van der Waals surface area contributed by atoms with Crippen LogP contribution in [0.15, 0.2) is 30.6 Å². The van der Waals surface area contributed by atoms with Crippen LogP contribution in [0, 0.1) is 5.82 Å². The average molecular weight is 283 g/mol. The molecule has 2 aromatic rings. The molecule has 1 atom stereocenters. The molecule has 3 N–H and O–H groups in total. The number of benzene rings is 1. The van der Waals surface area contributed by atoms with E-state index in [2.05, 4.69) is 10.5 Å². The molecule has 19 heavy (non-hydrogen) atoms. The van der Waals surface area contributed by atoms with Gasteiger partial charge in [0.25, 0.3) is 0 Å². The van der Waals surface area contributed by atoms with E-state index >= 15 is 0 Å². The molecule has 0 fully saturated rings. The molecule has 0 saturated heterocycles. The van der Waals surface area contributed by atoms with Crippen LogP contribution in [0.4, 0.5) is 4.39 Å². The number of nitrogens with zero attached hydrogens (tertiary/aromatic N) is 2. The molecule has 0 aliphatic rings. The van der Waals surface area contributed by atoms with Crippen molar-refractivity contribution in [1.82, 2.24) is 15.2 Å². The van der Waals surface area contributed by atoms with Crippen molar-refractivity contribution in [2.75, 3.05) is 0 Å². The van der Waals surface area contributed by atoms with Gasteiger partial charge in [-0.1, -0.05) is 17.7 Å². The van der Waals surface area contributed by atoms with Gasteiger partial charge in [-0.2, -0.15) is 5.10 Å². The Bertz CT molecular complexity index is 555. The first-order valence-electron chi connectivity index (χ1n) is 5.98. The van der Waals surface area contributed by atoms with Gasteiger partial charge < -0.3 is 0 Å². The van der Waals surface area contributed by atoms with Gasteiger partial charge >= 0.3 is 0 Å². The van der Waals surface area contributed by atoms with Crippen LogP contribution in [0.5, 0.6) is 0 Å². The van der Waals surface area contributed by atoms with E-state index in [1.165, 1.54) is 6.07 Å². The second-order valence-electron chi connectivity index (χ2n) is 4.45. The van der Waals surface area contributed by atoms with Gasteiger partial charge in [-0.25, -0.2) is 4.39 Å². The molecular weight excluding hydrogens is 267 g/mol. The van der Waals surface area contributed by atoms with Crippen molar-refractivity contribution in [3.05, 3.63) is 52.6 Å². The fourth-order valence-corrected chi connectivity index (χ4v) is 2.18. The van der Waals surface area contributed by atoms with E-state index in [0.29, 0.717) is 17.0 Å². The normalized spacial score (nSPS) is 12.6. The number of hydrazine groups is 1. The van der Waals surface area contributed by atoms with Gasteiger partial charge in [-0.15, -0.1) is 0 Å². The first-order valence-corrected chi connectivity index (χ1v) is 6.36. The summed E-state index contributed by atoms with van der Waals surface area (Å²) < 4.78 is 15.6. The molecule has 6 heteroatoms. The summed E-state index contributed by atoms with van der Waals surface area (Å²) in [6, 6.07) is 4.36. The number of aryl methyl sites for hydroxylation is 2. The lowest BCUT2D eigenvalue weighted by molar-refractivity contribution is 0.485. The summed E-state index contributed by atoms with van der Waals surface area (Å²) in [5.41, 5.74) is 4.26. The van der Waals surface area contributed by atoms with Crippen molar-refractivity contribution in [1.29, 1.82) is 0 Å². The Balaban J connectivity index is 2.07. The highest BCUT2D eigenvalue weighted by molar-refractivity contribution is 6.30. The summed E-state index contributed by atoms with van der Waals surface area (Å²) >= 11 is 5.74. The molecule has 4 nitrogen and oxygen atoms in total. The fraction of sp³-hybridized carbons (Fsp3) is 0.308. The lowest BCUT2D eigenvalue weighted by atomic mass is 10.0.